The molecule has 5 nitrogen and oxygen atoms in total. The maximum absolute atomic E-state index is 4.43. The van der Waals surface area contributed by atoms with Crippen molar-refractivity contribution in [2.45, 2.75) is 31.7 Å². The van der Waals surface area contributed by atoms with Crippen molar-refractivity contribution in [2.24, 2.45) is 11.8 Å². The van der Waals surface area contributed by atoms with E-state index in [-0.39, 0.29) is 0 Å². The van der Waals surface area contributed by atoms with E-state index in [1.165, 1.54) is 32.0 Å². The lowest BCUT2D eigenvalue weighted by atomic mass is 10.1. The Kier molecular flexibility index (Phi) is 2.50. The zero-order valence-electron chi connectivity index (χ0n) is 10.7. The predicted octanol–water partition coefficient (Wildman–Crippen LogP) is 2.26. The lowest BCUT2D eigenvalue weighted by Gasteiger charge is -2.18. The maximum Gasteiger partial charge on any atom is 0.155 e. The SMILES string of the molecule is c1ncn(-c2ccc(NC(C3CC3)C3CC3)cn2)n1. The van der Waals surface area contributed by atoms with Crippen LogP contribution in [0.15, 0.2) is 31.0 Å². The third-order valence-electron chi connectivity index (χ3n) is 3.99. The van der Waals surface area contributed by atoms with E-state index in [0.717, 1.165) is 23.3 Å². The van der Waals surface area contributed by atoms with E-state index in [4.69, 9.17) is 0 Å². The minimum Gasteiger partial charge on any atom is -0.381 e. The third kappa shape index (κ3) is 2.32. The molecule has 2 heterocycles. The van der Waals surface area contributed by atoms with E-state index >= 15 is 0 Å². The monoisotopic (exact) mass is 255 g/mol. The van der Waals surface area contributed by atoms with Crippen molar-refractivity contribution in [3.8, 4) is 5.82 Å². The number of anilines is 1. The van der Waals surface area contributed by atoms with Crippen LogP contribution in [0, 0.1) is 11.8 Å². The number of nitrogens with one attached hydrogen (secondary N) is 1. The molecule has 0 aromatic carbocycles. The van der Waals surface area contributed by atoms with Gasteiger partial charge >= 0.3 is 0 Å². The van der Waals surface area contributed by atoms with Crippen LogP contribution in [0.4, 0.5) is 5.69 Å². The summed E-state index contributed by atoms with van der Waals surface area (Å²) in [7, 11) is 0. The first-order valence-electron chi connectivity index (χ1n) is 6.98. The standard InChI is InChI=1S/C14H17N5/c1-2-10(1)14(11-3-4-11)18-12-5-6-13(16-7-12)19-9-15-8-17-19/h5-11,14,18H,1-4H2. The fraction of sp³-hybridized carbons (Fsp3) is 0.500. The van der Waals surface area contributed by atoms with Crippen LogP contribution in [-0.2, 0) is 0 Å². The van der Waals surface area contributed by atoms with Gasteiger partial charge in [-0.15, -0.1) is 0 Å². The van der Waals surface area contributed by atoms with Crippen LogP contribution in [0.25, 0.3) is 5.82 Å². The number of rotatable bonds is 5. The van der Waals surface area contributed by atoms with Crippen molar-refractivity contribution in [1.82, 2.24) is 19.7 Å². The van der Waals surface area contributed by atoms with Gasteiger partial charge in [0.1, 0.15) is 12.7 Å². The van der Waals surface area contributed by atoms with Crippen LogP contribution in [0.1, 0.15) is 25.7 Å². The van der Waals surface area contributed by atoms with Crippen LogP contribution < -0.4 is 5.32 Å². The number of nitrogens with zero attached hydrogens (tertiary/aromatic N) is 4. The van der Waals surface area contributed by atoms with Gasteiger partial charge in [-0.05, 0) is 49.7 Å². The molecule has 2 aliphatic carbocycles. The maximum atomic E-state index is 4.43. The fourth-order valence-electron chi connectivity index (χ4n) is 2.66. The first-order chi connectivity index (χ1) is 9.40. The zero-order chi connectivity index (χ0) is 12.7. The second kappa shape index (κ2) is 4.33. The van der Waals surface area contributed by atoms with E-state index in [2.05, 4.69) is 26.4 Å². The molecule has 0 aliphatic heterocycles. The van der Waals surface area contributed by atoms with Gasteiger partial charge in [-0.1, -0.05) is 0 Å². The summed E-state index contributed by atoms with van der Waals surface area (Å²) in [5.41, 5.74) is 1.12. The van der Waals surface area contributed by atoms with E-state index < -0.39 is 0 Å². The summed E-state index contributed by atoms with van der Waals surface area (Å²) < 4.78 is 1.67. The summed E-state index contributed by atoms with van der Waals surface area (Å²) in [4.78, 5) is 8.36. The number of hydrogen-bond donors (Lipinski definition) is 1. The average molecular weight is 255 g/mol. The van der Waals surface area contributed by atoms with Crippen LogP contribution in [0.2, 0.25) is 0 Å². The topological polar surface area (TPSA) is 55.6 Å². The summed E-state index contributed by atoms with van der Waals surface area (Å²) in [6.45, 7) is 0. The molecule has 2 aliphatic rings. The number of pyridine rings is 1. The molecule has 2 aromatic rings. The van der Waals surface area contributed by atoms with Crippen LogP contribution in [-0.4, -0.2) is 25.8 Å². The van der Waals surface area contributed by atoms with Crippen molar-refractivity contribution in [1.29, 1.82) is 0 Å². The molecular weight excluding hydrogens is 238 g/mol. The second-order valence-electron chi connectivity index (χ2n) is 5.59. The molecule has 2 aromatic heterocycles. The smallest absolute Gasteiger partial charge is 0.155 e. The molecule has 4 rings (SSSR count). The summed E-state index contributed by atoms with van der Waals surface area (Å²) in [6, 6.07) is 4.73. The largest absolute Gasteiger partial charge is 0.381 e. The molecule has 2 saturated carbocycles. The van der Waals surface area contributed by atoms with Crippen LogP contribution in [0.3, 0.4) is 0 Å². The van der Waals surface area contributed by atoms with Gasteiger partial charge in [0.05, 0.1) is 11.9 Å². The number of aromatic nitrogens is 4. The van der Waals surface area contributed by atoms with Crippen molar-refractivity contribution < 1.29 is 0 Å². The van der Waals surface area contributed by atoms with Gasteiger partial charge in [0.15, 0.2) is 5.82 Å². The summed E-state index contributed by atoms with van der Waals surface area (Å²) >= 11 is 0. The molecule has 2 fully saturated rings. The molecule has 98 valence electrons. The Bertz CT molecular complexity index is 528. The van der Waals surface area contributed by atoms with Crippen molar-refractivity contribution in [3.63, 3.8) is 0 Å². The molecule has 0 unspecified atom stereocenters. The quantitative estimate of drug-likeness (QED) is 0.890. The molecule has 0 atom stereocenters. The second-order valence-corrected chi connectivity index (χ2v) is 5.59. The van der Waals surface area contributed by atoms with Gasteiger partial charge < -0.3 is 5.32 Å². The van der Waals surface area contributed by atoms with E-state index in [1.807, 2.05) is 12.3 Å². The lowest BCUT2D eigenvalue weighted by molar-refractivity contribution is 0.567. The summed E-state index contributed by atoms with van der Waals surface area (Å²) in [5.74, 6) is 2.59. The predicted molar refractivity (Wildman–Crippen MR) is 72.0 cm³/mol. The van der Waals surface area contributed by atoms with Crippen LogP contribution >= 0.6 is 0 Å². The highest BCUT2D eigenvalue weighted by Crippen LogP contribution is 2.45. The Morgan fingerprint density at radius 3 is 2.47 bits per heavy atom. The Labute approximate surface area is 112 Å². The van der Waals surface area contributed by atoms with E-state index in [1.54, 1.807) is 11.0 Å². The average Bonchev–Trinajstić information content (AvgIpc) is 3.37. The number of hydrogen-bond acceptors (Lipinski definition) is 4. The Balaban J connectivity index is 1.49. The van der Waals surface area contributed by atoms with E-state index in [9.17, 15) is 0 Å². The Hall–Kier alpha value is -1.91. The normalized spacial score (nSPS) is 18.8. The molecule has 0 radical (unpaired) electrons. The first-order valence-corrected chi connectivity index (χ1v) is 6.98. The highest BCUT2D eigenvalue weighted by Gasteiger charge is 2.41. The van der Waals surface area contributed by atoms with Gasteiger partial charge in [0, 0.05) is 6.04 Å². The van der Waals surface area contributed by atoms with Crippen LogP contribution in [0.5, 0.6) is 0 Å². The van der Waals surface area contributed by atoms with Crippen molar-refractivity contribution in [2.75, 3.05) is 5.32 Å². The molecule has 1 N–H and O–H groups in total. The van der Waals surface area contributed by atoms with Gasteiger partial charge in [-0.2, -0.15) is 5.10 Å². The van der Waals surface area contributed by atoms with Crippen molar-refractivity contribution in [3.05, 3.63) is 31.0 Å². The van der Waals surface area contributed by atoms with Gasteiger partial charge in [-0.25, -0.2) is 14.6 Å². The highest BCUT2D eigenvalue weighted by atomic mass is 15.3. The van der Waals surface area contributed by atoms with Gasteiger partial charge in [0.2, 0.25) is 0 Å². The molecule has 0 amide bonds. The molecule has 19 heavy (non-hydrogen) atoms. The van der Waals surface area contributed by atoms with E-state index in [0.29, 0.717) is 6.04 Å². The fourth-order valence-corrected chi connectivity index (χ4v) is 2.66. The molecular formula is C14H17N5. The highest BCUT2D eigenvalue weighted by molar-refractivity contribution is 5.45. The molecule has 5 heteroatoms. The molecule has 0 bridgehead atoms. The minimum atomic E-state index is 0.666. The third-order valence-corrected chi connectivity index (χ3v) is 3.99. The van der Waals surface area contributed by atoms with Crippen molar-refractivity contribution >= 4 is 5.69 Å². The first kappa shape index (κ1) is 11.0. The lowest BCUT2D eigenvalue weighted by Crippen LogP contribution is -2.24. The summed E-state index contributed by atoms with van der Waals surface area (Å²) in [6.07, 6.45) is 10.6. The molecule has 0 saturated heterocycles. The van der Waals surface area contributed by atoms with Gasteiger partial charge in [-0.3, -0.25) is 0 Å². The van der Waals surface area contributed by atoms with Gasteiger partial charge in [0.25, 0.3) is 0 Å². The molecule has 0 spiro atoms. The Morgan fingerprint density at radius 2 is 1.95 bits per heavy atom. The summed E-state index contributed by atoms with van der Waals surface area (Å²) in [5, 5.41) is 7.74. The minimum absolute atomic E-state index is 0.666. The Morgan fingerprint density at radius 1 is 1.16 bits per heavy atom. The zero-order valence-corrected chi connectivity index (χ0v) is 10.7.